The van der Waals surface area contributed by atoms with Crippen molar-refractivity contribution in [3.8, 4) is 0 Å². The van der Waals surface area contributed by atoms with Gasteiger partial charge in [-0.3, -0.25) is 4.79 Å². The molecule has 26 heavy (non-hydrogen) atoms. The van der Waals surface area contributed by atoms with Gasteiger partial charge in [-0.25, -0.2) is 4.79 Å². The lowest BCUT2D eigenvalue weighted by Gasteiger charge is -2.29. The van der Waals surface area contributed by atoms with Crippen molar-refractivity contribution >= 4 is 33.6 Å². The van der Waals surface area contributed by atoms with Crippen LogP contribution in [-0.4, -0.2) is 11.9 Å². The van der Waals surface area contributed by atoms with E-state index < -0.39 is 6.04 Å². The molecule has 0 aromatic heterocycles. The van der Waals surface area contributed by atoms with Gasteiger partial charge in [0.25, 0.3) is 5.91 Å². The highest BCUT2D eigenvalue weighted by Crippen LogP contribution is 2.30. The summed E-state index contributed by atoms with van der Waals surface area (Å²) in [4.78, 5) is 25.0. The largest absolute Gasteiger partial charge is 0.327 e. The number of halogens is 1. The first-order valence-electron chi connectivity index (χ1n) is 8.28. The third-order valence-electron chi connectivity index (χ3n) is 4.55. The van der Waals surface area contributed by atoms with Crippen molar-refractivity contribution in [3.05, 3.63) is 74.9 Å². The van der Waals surface area contributed by atoms with E-state index in [2.05, 4.69) is 31.9 Å². The molecular weight excluding hydrogens is 394 g/mol. The van der Waals surface area contributed by atoms with Crippen molar-refractivity contribution < 1.29 is 9.59 Å². The molecule has 1 aliphatic rings. The molecule has 2 aromatic carbocycles. The highest BCUT2D eigenvalue weighted by molar-refractivity contribution is 9.10. The summed E-state index contributed by atoms with van der Waals surface area (Å²) in [7, 11) is 0. The molecule has 5 nitrogen and oxygen atoms in total. The summed E-state index contributed by atoms with van der Waals surface area (Å²) in [5.41, 5.74) is 4.75. The van der Waals surface area contributed by atoms with E-state index in [0.717, 1.165) is 26.9 Å². The van der Waals surface area contributed by atoms with Gasteiger partial charge in [0.1, 0.15) is 0 Å². The van der Waals surface area contributed by atoms with E-state index in [1.165, 1.54) is 0 Å². The van der Waals surface area contributed by atoms with Crippen molar-refractivity contribution in [1.29, 1.82) is 0 Å². The number of carbonyl (C=O) groups excluding carboxylic acids is 2. The molecule has 0 saturated carbocycles. The second-order valence-electron chi connectivity index (χ2n) is 6.33. The van der Waals surface area contributed by atoms with Crippen LogP contribution in [0, 0.1) is 13.8 Å². The number of urea groups is 1. The monoisotopic (exact) mass is 413 g/mol. The Balaban J connectivity index is 1.98. The molecule has 3 N–H and O–H groups in total. The van der Waals surface area contributed by atoms with Crippen LogP contribution >= 0.6 is 15.9 Å². The van der Waals surface area contributed by atoms with Crippen LogP contribution in [0.15, 0.2) is 58.2 Å². The quantitative estimate of drug-likeness (QED) is 0.700. The first-order valence-corrected chi connectivity index (χ1v) is 9.07. The van der Waals surface area contributed by atoms with Gasteiger partial charge in [-0.1, -0.05) is 40.2 Å². The molecule has 6 heteroatoms. The van der Waals surface area contributed by atoms with Crippen molar-refractivity contribution in [2.24, 2.45) is 0 Å². The second kappa shape index (κ2) is 7.33. The van der Waals surface area contributed by atoms with Crippen LogP contribution in [0.5, 0.6) is 0 Å². The number of carbonyl (C=O) groups is 2. The van der Waals surface area contributed by atoms with Gasteiger partial charge in [-0.05, 0) is 55.7 Å². The number of aryl methyl sites for hydroxylation is 1. The number of anilines is 1. The van der Waals surface area contributed by atoms with Crippen LogP contribution in [0.4, 0.5) is 10.5 Å². The molecular formula is C20H20BrN3O2. The molecule has 1 heterocycles. The van der Waals surface area contributed by atoms with E-state index in [9.17, 15) is 9.59 Å². The molecule has 134 valence electrons. The summed E-state index contributed by atoms with van der Waals surface area (Å²) in [5, 5.41) is 8.52. The Labute approximate surface area is 161 Å². The Morgan fingerprint density at radius 3 is 2.58 bits per heavy atom. The van der Waals surface area contributed by atoms with Crippen LogP contribution in [0.1, 0.15) is 29.7 Å². The molecule has 0 aliphatic carbocycles. The van der Waals surface area contributed by atoms with E-state index in [-0.39, 0.29) is 11.9 Å². The predicted molar refractivity (Wildman–Crippen MR) is 106 cm³/mol. The zero-order valence-electron chi connectivity index (χ0n) is 14.8. The van der Waals surface area contributed by atoms with Crippen molar-refractivity contribution in [2.75, 3.05) is 5.32 Å². The van der Waals surface area contributed by atoms with Gasteiger partial charge < -0.3 is 16.0 Å². The van der Waals surface area contributed by atoms with Gasteiger partial charge in [0, 0.05) is 15.9 Å². The highest BCUT2D eigenvalue weighted by Gasteiger charge is 2.31. The number of benzene rings is 2. The van der Waals surface area contributed by atoms with Gasteiger partial charge in [0.15, 0.2) is 0 Å². The number of allylic oxidation sites excluding steroid dienone is 1. The van der Waals surface area contributed by atoms with Gasteiger partial charge in [-0.15, -0.1) is 0 Å². The Hall–Kier alpha value is -2.60. The van der Waals surface area contributed by atoms with E-state index in [1.54, 1.807) is 6.92 Å². The molecule has 3 amide bonds. The Morgan fingerprint density at radius 1 is 1.12 bits per heavy atom. The number of rotatable bonds is 3. The van der Waals surface area contributed by atoms with E-state index in [4.69, 9.17) is 0 Å². The first kappa shape index (κ1) is 18.2. The maximum absolute atomic E-state index is 13.0. The van der Waals surface area contributed by atoms with Crippen molar-refractivity contribution in [1.82, 2.24) is 10.6 Å². The molecule has 1 unspecified atom stereocenters. The number of hydrogen-bond acceptors (Lipinski definition) is 2. The van der Waals surface area contributed by atoms with Crippen LogP contribution in [0.2, 0.25) is 0 Å². The molecule has 0 saturated heterocycles. The summed E-state index contributed by atoms with van der Waals surface area (Å²) in [6, 6.07) is 12.5. The van der Waals surface area contributed by atoms with Gasteiger partial charge in [-0.2, -0.15) is 0 Å². The van der Waals surface area contributed by atoms with Crippen LogP contribution in [0.25, 0.3) is 0 Å². The Kier molecular flexibility index (Phi) is 5.13. The van der Waals surface area contributed by atoms with Gasteiger partial charge in [0.2, 0.25) is 0 Å². The minimum atomic E-state index is -0.522. The Bertz CT molecular complexity index is 921. The minimum Gasteiger partial charge on any atom is -0.327 e. The fraction of sp³-hybridized carbons (Fsp3) is 0.200. The van der Waals surface area contributed by atoms with E-state index in [0.29, 0.717) is 11.3 Å². The van der Waals surface area contributed by atoms with E-state index >= 15 is 0 Å². The Morgan fingerprint density at radius 2 is 1.85 bits per heavy atom. The SMILES string of the molecule is CC1=C(C(=O)Nc2cccc(C)c2C)C(c2cccc(Br)c2)NC(=O)N1. The van der Waals surface area contributed by atoms with Crippen molar-refractivity contribution in [2.45, 2.75) is 26.8 Å². The molecule has 1 atom stereocenters. The third kappa shape index (κ3) is 3.65. The summed E-state index contributed by atoms with van der Waals surface area (Å²) >= 11 is 3.44. The van der Waals surface area contributed by atoms with Crippen LogP contribution < -0.4 is 16.0 Å². The highest BCUT2D eigenvalue weighted by atomic mass is 79.9. The normalized spacial score (nSPS) is 16.8. The molecule has 0 fully saturated rings. The third-order valence-corrected chi connectivity index (χ3v) is 5.04. The lowest BCUT2D eigenvalue weighted by molar-refractivity contribution is -0.113. The minimum absolute atomic E-state index is 0.242. The number of nitrogens with one attached hydrogen (secondary N) is 3. The molecule has 0 spiro atoms. The summed E-state index contributed by atoms with van der Waals surface area (Å²) in [6.45, 7) is 5.71. The molecule has 0 bridgehead atoms. The zero-order valence-corrected chi connectivity index (χ0v) is 16.4. The average molecular weight is 414 g/mol. The summed E-state index contributed by atoms with van der Waals surface area (Å²) in [6.07, 6.45) is 0. The standard InChI is InChI=1S/C20H20BrN3O2/c1-11-6-4-9-16(12(11)2)23-19(25)17-13(3)22-20(26)24-18(17)14-7-5-8-15(21)10-14/h4-10,18H,1-3H3,(H,23,25)(H2,22,24,26). The second-order valence-corrected chi connectivity index (χ2v) is 7.24. The van der Waals surface area contributed by atoms with Crippen LogP contribution in [-0.2, 0) is 4.79 Å². The fourth-order valence-electron chi connectivity index (χ4n) is 3.01. The van der Waals surface area contributed by atoms with Crippen molar-refractivity contribution in [3.63, 3.8) is 0 Å². The molecule has 0 radical (unpaired) electrons. The maximum Gasteiger partial charge on any atom is 0.319 e. The fourth-order valence-corrected chi connectivity index (χ4v) is 3.42. The first-order chi connectivity index (χ1) is 12.4. The molecule has 2 aromatic rings. The van der Waals surface area contributed by atoms with Gasteiger partial charge in [0.05, 0.1) is 11.6 Å². The average Bonchev–Trinajstić information content (AvgIpc) is 2.58. The molecule has 3 rings (SSSR count). The number of amides is 3. The lowest BCUT2D eigenvalue weighted by atomic mass is 9.94. The lowest BCUT2D eigenvalue weighted by Crippen LogP contribution is -2.46. The smallest absolute Gasteiger partial charge is 0.319 e. The van der Waals surface area contributed by atoms with Gasteiger partial charge >= 0.3 is 6.03 Å². The summed E-state index contributed by atoms with van der Waals surface area (Å²) in [5.74, 6) is -0.242. The molecule has 1 aliphatic heterocycles. The van der Waals surface area contributed by atoms with Crippen LogP contribution in [0.3, 0.4) is 0 Å². The van der Waals surface area contributed by atoms with E-state index in [1.807, 2.05) is 56.3 Å². The topological polar surface area (TPSA) is 70.2 Å². The summed E-state index contributed by atoms with van der Waals surface area (Å²) < 4.78 is 0.884. The zero-order chi connectivity index (χ0) is 18.8. The number of hydrogen-bond donors (Lipinski definition) is 3. The predicted octanol–water partition coefficient (Wildman–Crippen LogP) is 4.33. The maximum atomic E-state index is 13.0.